The van der Waals surface area contributed by atoms with E-state index in [4.69, 9.17) is 25.8 Å². The molecule has 1 fully saturated rings. The number of methoxy groups -OCH3 is 2. The number of thiophene rings is 1. The van der Waals surface area contributed by atoms with Crippen LogP contribution in [0, 0.1) is 0 Å². The summed E-state index contributed by atoms with van der Waals surface area (Å²) in [6.45, 7) is 5.08. The predicted molar refractivity (Wildman–Crippen MR) is 95.9 cm³/mol. The topological polar surface area (TPSA) is 48.0 Å². The molecule has 2 unspecified atom stereocenters. The monoisotopic (exact) mass is 369 g/mol. The van der Waals surface area contributed by atoms with Gasteiger partial charge in [0, 0.05) is 29.2 Å². The number of nitrogens with zero attached hydrogens (tertiary/aromatic N) is 1. The Morgan fingerprint density at radius 3 is 2.38 bits per heavy atom. The van der Waals surface area contributed by atoms with Crippen molar-refractivity contribution in [2.24, 2.45) is 0 Å². The highest BCUT2D eigenvalue weighted by Gasteiger charge is 2.29. The first-order chi connectivity index (χ1) is 11.4. The number of hydrogen-bond acceptors (Lipinski definition) is 5. The second-order valence-corrected chi connectivity index (χ2v) is 7.35. The Bertz CT molecular complexity index is 766. The Kier molecular flexibility index (Phi) is 4.90. The Morgan fingerprint density at radius 1 is 1.21 bits per heavy atom. The van der Waals surface area contributed by atoms with Crippen LogP contribution in [0.3, 0.4) is 0 Å². The standard InChI is InChI=1S/C17H20ClNO4S/c1-9-7-19(8-10(2)23-9)17(20)16-15(18)11-5-12(21-3)13(22-4)6-14(11)24-16/h5-6,9-10H,7-8H2,1-4H3. The minimum Gasteiger partial charge on any atom is -0.493 e. The Hall–Kier alpha value is -1.50. The SMILES string of the molecule is COc1cc2sc(C(=O)N3CC(C)OC(C)C3)c(Cl)c2cc1OC. The maximum atomic E-state index is 12.9. The molecule has 1 aliphatic heterocycles. The molecule has 3 rings (SSSR count). The first kappa shape index (κ1) is 17.3. The van der Waals surface area contributed by atoms with Crippen molar-refractivity contribution in [3.63, 3.8) is 0 Å². The van der Waals surface area contributed by atoms with Crippen LogP contribution in [-0.2, 0) is 4.74 Å². The van der Waals surface area contributed by atoms with E-state index < -0.39 is 0 Å². The van der Waals surface area contributed by atoms with E-state index in [1.807, 2.05) is 30.9 Å². The molecule has 2 aromatic rings. The minimum atomic E-state index is -0.0545. The number of rotatable bonds is 3. The van der Waals surface area contributed by atoms with Crippen LogP contribution in [0.1, 0.15) is 23.5 Å². The fourth-order valence-electron chi connectivity index (χ4n) is 3.02. The number of carbonyl (C=O) groups is 1. The summed E-state index contributed by atoms with van der Waals surface area (Å²) in [5.41, 5.74) is 0. The van der Waals surface area contributed by atoms with Crippen LogP contribution in [0.5, 0.6) is 11.5 Å². The number of morpholine rings is 1. The lowest BCUT2D eigenvalue weighted by Crippen LogP contribution is -2.48. The van der Waals surface area contributed by atoms with Crippen LogP contribution < -0.4 is 9.47 Å². The molecular formula is C17H20ClNO4S. The van der Waals surface area contributed by atoms with Gasteiger partial charge >= 0.3 is 0 Å². The summed E-state index contributed by atoms with van der Waals surface area (Å²) in [6.07, 6.45) is 0.0390. The fourth-order valence-corrected chi connectivity index (χ4v) is 4.50. The summed E-state index contributed by atoms with van der Waals surface area (Å²) < 4.78 is 17.2. The summed E-state index contributed by atoms with van der Waals surface area (Å²) in [6, 6.07) is 3.67. The normalized spacial score (nSPS) is 21.1. The highest BCUT2D eigenvalue weighted by molar-refractivity contribution is 7.21. The molecule has 1 aromatic carbocycles. The van der Waals surface area contributed by atoms with Crippen molar-refractivity contribution in [3.05, 3.63) is 22.0 Å². The number of benzene rings is 1. The summed E-state index contributed by atoms with van der Waals surface area (Å²) in [7, 11) is 3.16. The highest BCUT2D eigenvalue weighted by Crippen LogP contribution is 2.42. The van der Waals surface area contributed by atoms with E-state index in [0.717, 1.165) is 10.1 Å². The first-order valence-corrected chi connectivity index (χ1v) is 8.92. The first-order valence-electron chi connectivity index (χ1n) is 7.73. The zero-order valence-electron chi connectivity index (χ0n) is 14.1. The second-order valence-electron chi connectivity index (χ2n) is 5.92. The summed E-state index contributed by atoms with van der Waals surface area (Å²) in [5, 5.41) is 1.27. The average molecular weight is 370 g/mol. The van der Waals surface area contributed by atoms with Crippen molar-refractivity contribution in [3.8, 4) is 11.5 Å². The van der Waals surface area contributed by atoms with Gasteiger partial charge in [-0.25, -0.2) is 0 Å². The van der Waals surface area contributed by atoms with Gasteiger partial charge in [0.05, 0.1) is 31.5 Å². The number of ether oxygens (including phenoxy) is 3. The molecule has 1 aliphatic rings. The van der Waals surface area contributed by atoms with Gasteiger partial charge in [0.25, 0.3) is 5.91 Å². The zero-order chi connectivity index (χ0) is 17.4. The van der Waals surface area contributed by atoms with Gasteiger partial charge in [0.15, 0.2) is 11.5 Å². The van der Waals surface area contributed by atoms with Crippen LogP contribution in [0.4, 0.5) is 0 Å². The van der Waals surface area contributed by atoms with Crippen LogP contribution in [0.2, 0.25) is 5.02 Å². The molecule has 2 atom stereocenters. The van der Waals surface area contributed by atoms with Crippen molar-refractivity contribution in [2.75, 3.05) is 27.3 Å². The zero-order valence-corrected chi connectivity index (χ0v) is 15.7. The van der Waals surface area contributed by atoms with Crippen molar-refractivity contribution in [2.45, 2.75) is 26.1 Å². The molecule has 24 heavy (non-hydrogen) atoms. The van der Waals surface area contributed by atoms with Crippen molar-refractivity contribution in [1.29, 1.82) is 0 Å². The third kappa shape index (κ3) is 3.06. The molecule has 130 valence electrons. The molecular weight excluding hydrogens is 350 g/mol. The van der Waals surface area contributed by atoms with Gasteiger partial charge in [-0.3, -0.25) is 4.79 Å². The van der Waals surface area contributed by atoms with Crippen molar-refractivity contribution in [1.82, 2.24) is 4.90 Å². The van der Waals surface area contributed by atoms with Gasteiger partial charge in [0.1, 0.15) is 4.88 Å². The smallest absolute Gasteiger partial charge is 0.265 e. The lowest BCUT2D eigenvalue weighted by Gasteiger charge is -2.35. The van der Waals surface area contributed by atoms with E-state index in [0.29, 0.717) is 34.5 Å². The van der Waals surface area contributed by atoms with Gasteiger partial charge in [-0.05, 0) is 19.9 Å². The summed E-state index contributed by atoms with van der Waals surface area (Å²) >= 11 is 7.88. The van der Waals surface area contributed by atoms with Crippen molar-refractivity contribution >= 4 is 38.9 Å². The molecule has 0 aliphatic carbocycles. The van der Waals surface area contributed by atoms with Crippen LogP contribution in [0.15, 0.2) is 12.1 Å². The number of hydrogen-bond donors (Lipinski definition) is 0. The van der Waals surface area contributed by atoms with Gasteiger partial charge in [0.2, 0.25) is 0 Å². The summed E-state index contributed by atoms with van der Waals surface area (Å²) in [5.74, 6) is 1.16. The summed E-state index contributed by atoms with van der Waals surface area (Å²) in [4.78, 5) is 15.3. The number of halogens is 1. The van der Waals surface area contributed by atoms with Crippen molar-refractivity contribution < 1.29 is 19.0 Å². The lowest BCUT2D eigenvalue weighted by atomic mass is 10.2. The van der Waals surface area contributed by atoms with Gasteiger partial charge in [-0.15, -0.1) is 11.3 Å². The van der Waals surface area contributed by atoms with Gasteiger partial charge < -0.3 is 19.1 Å². The second kappa shape index (κ2) is 6.78. The molecule has 5 nitrogen and oxygen atoms in total. The Morgan fingerprint density at radius 2 is 1.79 bits per heavy atom. The molecule has 0 spiro atoms. The maximum absolute atomic E-state index is 12.9. The van der Waals surface area contributed by atoms with E-state index >= 15 is 0 Å². The molecule has 1 aromatic heterocycles. The number of fused-ring (bicyclic) bond motifs is 1. The molecule has 0 bridgehead atoms. The molecule has 7 heteroatoms. The highest BCUT2D eigenvalue weighted by atomic mass is 35.5. The number of carbonyl (C=O) groups excluding carboxylic acids is 1. The van der Waals surface area contributed by atoms with E-state index in [1.165, 1.54) is 11.3 Å². The van der Waals surface area contributed by atoms with E-state index in [1.54, 1.807) is 14.2 Å². The quantitative estimate of drug-likeness (QED) is 0.825. The molecule has 0 N–H and O–H groups in total. The third-order valence-corrected chi connectivity index (χ3v) is 5.68. The molecule has 0 radical (unpaired) electrons. The Balaban J connectivity index is 2.00. The molecule has 1 saturated heterocycles. The third-order valence-electron chi connectivity index (χ3n) is 4.03. The molecule has 0 saturated carbocycles. The fraction of sp³-hybridized carbons (Fsp3) is 0.471. The maximum Gasteiger partial charge on any atom is 0.265 e. The number of amides is 1. The van der Waals surface area contributed by atoms with E-state index in [9.17, 15) is 4.79 Å². The van der Waals surface area contributed by atoms with Crippen LogP contribution in [0.25, 0.3) is 10.1 Å². The van der Waals surface area contributed by atoms with E-state index in [2.05, 4.69) is 0 Å². The predicted octanol–water partition coefficient (Wildman–Crippen LogP) is 3.82. The Labute approximate surface area is 150 Å². The van der Waals surface area contributed by atoms with Gasteiger partial charge in [-0.1, -0.05) is 11.6 Å². The molecule has 2 heterocycles. The minimum absolute atomic E-state index is 0.0195. The van der Waals surface area contributed by atoms with Gasteiger partial charge in [-0.2, -0.15) is 0 Å². The largest absolute Gasteiger partial charge is 0.493 e. The van der Waals surface area contributed by atoms with Crippen LogP contribution >= 0.6 is 22.9 Å². The van der Waals surface area contributed by atoms with Crippen LogP contribution in [-0.4, -0.2) is 50.3 Å². The molecule has 1 amide bonds. The average Bonchev–Trinajstić information content (AvgIpc) is 2.88. The van der Waals surface area contributed by atoms with E-state index in [-0.39, 0.29) is 18.1 Å². The lowest BCUT2D eigenvalue weighted by molar-refractivity contribution is -0.0584.